The predicted molar refractivity (Wildman–Crippen MR) is 64.4 cm³/mol. The number of nitrogens with one attached hydrogen (secondary N) is 1. The summed E-state index contributed by atoms with van der Waals surface area (Å²) >= 11 is 0. The van der Waals surface area contributed by atoms with Crippen LogP contribution in [-0.2, 0) is 9.53 Å². The first-order chi connectivity index (χ1) is 7.81. The fraction of sp³-hybridized carbons (Fsp3) is 0.750. The number of aliphatic hydroxyl groups is 1. The third-order valence-electron chi connectivity index (χ3n) is 2.06. The highest BCUT2D eigenvalue weighted by molar-refractivity contribution is 5.80. The zero-order valence-electron chi connectivity index (χ0n) is 10.1. The summed E-state index contributed by atoms with van der Waals surface area (Å²) in [4.78, 5) is 11.3. The predicted octanol–water partition coefficient (Wildman–Crippen LogP) is 0.900. The van der Waals surface area contributed by atoms with E-state index in [9.17, 15) is 4.79 Å². The molecule has 2 N–H and O–H groups in total. The molecule has 0 saturated heterocycles. The molecule has 0 aliphatic carbocycles. The number of allylic oxidation sites excluding steroid dienone is 1. The maximum atomic E-state index is 11.3. The first-order valence-electron chi connectivity index (χ1n) is 5.83. The van der Waals surface area contributed by atoms with Crippen LogP contribution in [0.1, 0.15) is 26.2 Å². The van der Waals surface area contributed by atoms with E-state index in [1.54, 1.807) is 0 Å². The minimum Gasteiger partial charge on any atom is -0.396 e. The molecule has 0 heterocycles. The van der Waals surface area contributed by atoms with Crippen LogP contribution in [0.3, 0.4) is 0 Å². The van der Waals surface area contributed by atoms with E-state index in [2.05, 4.69) is 5.32 Å². The highest BCUT2D eigenvalue weighted by Gasteiger charge is 2.00. The fourth-order valence-corrected chi connectivity index (χ4v) is 1.14. The second kappa shape index (κ2) is 12.4. The number of ether oxygens (including phenoxy) is 1. The Morgan fingerprint density at radius 1 is 1.44 bits per heavy atom. The van der Waals surface area contributed by atoms with Crippen LogP contribution in [0.25, 0.3) is 0 Å². The molecular weight excluding hydrogens is 206 g/mol. The average molecular weight is 229 g/mol. The van der Waals surface area contributed by atoms with Crippen LogP contribution >= 0.6 is 0 Å². The Balaban J connectivity index is 3.15. The Morgan fingerprint density at radius 3 is 2.94 bits per heavy atom. The molecule has 0 spiro atoms. The molecule has 4 nitrogen and oxygen atoms in total. The van der Waals surface area contributed by atoms with E-state index in [1.165, 1.54) is 0 Å². The molecule has 0 aromatic rings. The standard InChI is InChI=1S/C12H23NO3/c1-2-3-9-16-10-7-13-11-12(15)6-4-5-8-14/h2-3,13-14H,4-11H2,1H3/b3-2+. The fourth-order valence-electron chi connectivity index (χ4n) is 1.14. The van der Waals surface area contributed by atoms with E-state index in [0.717, 1.165) is 6.42 Å². The summed E-state index contributed by atoms with van der Waals surface area (Å²) in [6.07, 6.45) is 5.91. The van der Waals surface area contributed by atoms with Gasteiger partial charge in [-0.15, -0.1) is 0 Å². The molecule has 0 atom stereocenters. The molecule has 0 bridgehead atoms. The van der Waals surface area contributed by atoms with Gasteiger partial charge in [-0.2, -0.15) is 0 Å². The van der Waals surface area contributed by atoms with Crippen LogP contribution in [-0.4, -0.2) is 43.8 Å². The molecular formula is C12H23NO3. The summed E-state index contributed by atoms with van der Waals surface area (Å²) in [5.41, 5.74) is 0. The van der Waals surface area contributed by atoms with Crippen molar-refractivity contribution in [3.8, 4) is 0 Å². The molecule has 94 valence electrons. The van der Waals surface area contributed by atoms with Crippen LogP contribution in [0.15, 0.2) is 12.2 Å². The number of carbonyl (C=O) groups excluding carboxylic acids is 1. The summed E-state index contributed by atoms with van der Waals surface area (Å²) in [5.74, 6) is 0.196. The highest BCUT2D eigenvalue weighted by Crippen LogP contribution is 1.94. The van der Waals surface area contributed by atoms with Crippen molar-refractivity contribution in [1.29, 1.82) is 0 Å². The Labute approximate surface area is 97.7 Å². The zero-order chi connectivity index (χ0) is 12.1. The largest absolute Gasteiger partial charge is 0.396 e. The Morgan fingerprint density at radius 2 is 2.25 bits per heavy atom. The Bertz CT molecular complexity index is 193. The molecule has 0 radical (unpaired) electrons. The number of aliphatic hydroxyl groups excluding tert-OH is 1. The van der Waals surface area contributed by atoms with E-state index in [1.807, 2.05) is 19.1 Å². The van der Waals surface area contributed by atoms with Crippen molar-refractivity contribution in [3.05, 3.63) is 12.2 Å². The number of carbonyl (C=O) groups is 1. The SMILES string of the molecule is C/C=C/COCCNCC(=O)CCCCO. The maximum absolute atomic E-state index is 11.3. The van der Waals surface area contributed by atoms with E-state index >= 15 is 0 Å². The average Bonchev–Trinajstić information content (AvgIpc) is 2.28. The second-order valence-electron chi connectivity index (χ2n) is 3.54. The highest BCUT2D eigenvalue weighted by atomic mass is 16.5. The van der Waals surface area contributed by atoms with Crippen LogP contribution in [0.5, 0.6) is 0 Å². The van der Waals surface area contributed by atoms with Crippen LogP contribution in [0.2, 0.25) is 0 Å². The Kier molecular flexibility index (Phi) is 11.8. The third-order valence-corrected chi connectivity index (χ3v) is 2.06. The molecule has 0 aliphatic rings. The lowest BCUT2D eigenvalue weighted by molar-refractivity contribution is -0.118. The van der Waals surface area contributed by atoms with Gasteiger partial charge in [0.2, 0.25) is 0 Å². The number of ketones is 1. The van der Waals surface area contributed by atoms with E-state index in [0.29, 0.717) is 39.1 Å². The number of unbranched alkanes of at least 4 members (excludes halogenated alkanes) is 1. The van der Waals surface area contributed by atoms with Gasteiger partial charge in [0.05, 0.1) is 19.8 Å². The van der Waals surface area contributed by atoms with Gasteiger partial charge >= 0.3 is 0 Å². The molecule has 0 aromatic heterocycles. The molecule has 4 heteroatoms. The van der Waals surface area contributed by atoms with Crippen LogP contribution < -0.4 is 5.32 Å². The molecule has 0 fully saturated rings. The number of hydrogen-bond acceptors (Lipinski definition) is 4. The lowest BCUT2D eigenvalue weighted by Crippen LogP contribution is -2.26. The molecule has 16 heavy (non-hydrogen) atoms. The maximum Gasteiger partial charge on any atom is 0.146 e. The summed E-state index contributed by atoms with van der Waals surface area (Å²) in [7, 11) is 0. The minimum absolute atomic E-state index is 0.166. The zero-order valence-corrected chi connectivity index (χ0v) is 10.1. The van der Waals surface area contributed by atoms with Gasteiger partial charge < -0.3 is 15.2 Å². The lowest BCUT2D eigenvalue weighted by atomic mass is 10.2. The molecule has 0 rings (SSSR count). The van der Waals surface area contributed by atoms with Crippen molar-refractivity contribution < 1.29 is 14.6 Å². The quantitative estimate of drug-likeness (QED) is 0.408. The van der Waals surface area contributed by atoms with Crippen molar-refractivity contribution in [3.63, 3.8) is 0 Å². The van der Waals surface area contributed by atoms with Gasteiger partial charge in [-0.05, 0) is 19.8 Å². The van der Waals surface area contributed by atoms with Crippen LogP contribution in [0, 0.1) is 0 Å². The Hall–Kier alpha value is -0.710. The van der Waals surface area contributed by atoms with Gasteiger partial charge in [-0.3, -0.25) is 4.79 Å². The van der Waals surface area contributed by atoms with Gasteiger partial charge in [0.15, 0.2) is 0 Å². The summed E-state index contributed by atoms with van der Waals surface area (Å²) in [6.45, 7) is 4.46. The monoisotopic (exact) mass is 229 g/mol. The van der Waals surface area contributed by atoms with Crippen molar-refractivity contribution in [2.75, 3.05) is 32.9 Å². The van der Waals surface area contributed by atoms with Gasteiger partial charge in [-0.1, -0.05) is 12.2 Å². The smallest absolute Gasteiger partial charge is 0.146 e. The summed E-state index contributed by atoms with van der Waals surface area (Å²) < 4.78 is 5.26. The third kappa shape index (κ3) is 11.4. The molecule has 0 aliphatic heterocycles. The first-order valence-corrected chi connectivity index (χ1v) is 5.83. The molecule has 0 amide bonds. The number of rotatable bonds is 11. The van der Waals surface area contributed by atoms with E-state index in [-0.39, 0.29) is 12.4 Å². The number of Topliss-reactive ketones (excluding diaryl/α,β-unsaturated/α-hetero) is 1. The molecule has 0 unspecified atom stereocenters. The van der Waals surface area contributed by atoms with Crippen molar-refractivity contribution in [2.24, 2.45) is 0 Å². The van der Waals surface area contributed by atoms with Crippen molar-refractivity contribution in [2.45, 2.75) is 26.2 Å². The van der Waals surface area contributed by atoms with E-state index < -0.39 is 0 Å². The van der Waals surface area contributed by atoms with Crippen LogP contribution in [0.4, 0.5) is 0 Å². The second-order valence-corrected chi connectivity index (χ2v) is 3.54. The van der Waals surface area contributed by atoms with Crippen molar-refractivity contribution >= 4 is 5.78 Å². The van der Waals surface area contributed by atoms with Crippen molar-refractivity contribution in [1.82, 2.24) is 5.32 Å². The summed E-state index contributed by atoms with van der Waals surface area (Å²) in [6, 6.07) is 0. The lowest BCUT2D eigenvalue weighted by Gasteiger charge is -2.04. The van der Waals surface area contributed by atoms with Gasteiger partial charge in [0, 0.05) is 19.6 Å². The van der Waals surface area contributed by atoms with Gasteiger partial charge in [-0.25, -0.2) is 0 Å². The molecule has 0 aromatic carbocycles. The first kappa shape index (κ1) is 15.3. The normalized spacial score (nSPS) is 11.1. The molecule has 0 saturated carbocycles. The number of hydrogen-bond donors (Lipinski definition) is 2. The van der Waals surface area contributed by atoms with E-state index in [4.69, 9.17) is 9.84 Å². The van der Waals surface area contributed by atoms with Gasteiger partial charge in [0.1, 0.15) is 5.78 Å². The van der Waals surface area contributed by atoms with Gasteiger partial charge in [0.25, 0.3) is 0 Å². The minimum atomic E-state index is 0.166. The summed E-state index contributed by atoms with van der Waals surface area (Å²) in [5, 5.41) is 11.6. The topological polar surface area (TPSA) is 58.6 Å².